The van der Waals surface area contributed by atoms with Gasteiger partial charge in [0.2, 0.25) is 0 Å². The van der Waals surface area contributed by atoms with Gasteiger partial charge in [-0.05, 0) is 12.8 Å². The summed E-state index contributed by atoms with van der Waals surface area (Å²) in [6, 6.07) is 0.166. The minimum atomic E-state index is -0.337. The molecule has 1 heterocycles. The van der Waals surface area contributed by atoms with Crippen LogP contribution in [0.1, 0.15) is 12.8 Å². The zero-order valence-electron chi connectivity index (χ0n) is 9.27. The molecule has 2 rings (SSSR count). The molecule has 1 aromatic rings. The van der Waals surface area contributed by atoms with Crippen molar-refractivity contribution in [2.45, 2.75) is 31.5 Å². The molecular weight excluding hydrogens is 242 g/mol. The lowest BCUT2D eigenvalue weighted by Gasteiger charge is -2.32. The van der Waals surface area contributed by atoms with E-state index in [2.05, 4.69) is 17.0 Å². The van der Waals surface area contributed by atoms with Crippen LogP contribution in [0.2, 0.25) is 5.02 Å². The monoisotopic (exact) mass is 255 g/mol. The molecule has 1 aliphatic rings. The van der Waals surface area contributed by atoms with Gasteiger partial charge in [0.15, 0.2) is 0 Å². The fraction of sp³-hybridized carbons (Fsp3) is 0.455. The fourth-order valence-electron chi connectivity index (χ4n) is 1.74. The third-order valence-electron chi connectivity index (χ3n) is 2.76. The summed E-state index contributed by atoms with van der Waals surface area (Å²) in [5, 5.41) is 16.4. The third kappa shape index (κ3) is 2.50. The van der Waals surface area contributed by atoms with Crippen molar-refractivity contribution in [3.63, 3.8) is 0 Å². The number of rotatable bonds is 4. The molecule has 5 nitrogen and oxygen atoms in total. The molecule has 0 unspecified atom stereocenters. The third-order valence-corrected chi connectivity index (χ3v) is 3.13. The summed E-state index contributed by atoms with van der Waals surface area (Å²) in [6.07, 6.45) is 4.20. The van der Waals surface area contributed by atoms with Gasteiger partial charge in [-0.15, -0.1) is 6.58 Å². The zero-order valence-corrected chi connectivity index (χ0v) is 10.0. The van der Waals surface area contributed by atoms with Gasteiger partial charge in [0.25, 0.3) is 5.56 Å². The smallest absolute Gasteiger partial charge is 0.287 e. The van der Waals surface area contributed by atoms with Gasteiger partial charge in [0, 0.05) is 6.04 Å². The summed E-state index contributed by atoms with van der Waals surface area (Å²) in [5.74, 6) is 0. The zero-order chi connectivity index (χ0) is 12.4. The van der Waals surface area contributed by atoms with E-state index in [4.69, 9.17) is 16.7 Å². The second kappa shape index (κ2) is 4.89. The van der Waals surface area contributed by atoms with Crippen LogP contribution in [-0.2, 0) is 6.54 Å². The Morgan fingerprint density at radius 2 is 2.41 bits per heavy atom. The normalized spacial score (nSPS) is 22.9. The number of hydrogen-bond donors (Lipinski definition) is 2. The summed E-state index contributed by atoms with van der Waals surface area (Å²) < 4.78 is 1.25. The summed E-state index contributed by atoms with van der Waals surface area (Å²) in [7, 11) is 0. The van der Waals surface area contributed by atoms with Crippen molar-refractivity contribution in [2.24, 2.45) is 0 Å². The summed E-state index contributed by atoms with van der Waals surface area (Å²) in [5.41, 5.74) is 0.185. The first-order chi connectivity index (χ1) is 8.11. The number of nitrogens with one attached hydrogen (secondary N) is 1. The van der Waals surface area contributed by atoms with Gasteiger partial charge in [-0.3, -0.25) is 4.79 Å². The number of aromatic nitrogens is 2. The van der Waals surface area contributed by atoms with Crippen LogP contribution >= 0.6 is 11.6 Å². The van der Waals surface area contributed by atoms with Gasteiger partial charge in [-0.1, -0.05) is 17.7 Å². The Balaban J connectivity index is 2.16. The number of aliphatic hydroxyl groups is 1. The Hall–Kier alpha value is -1.33. The van der Waals surface area contributed by atoms with Crippen molar-refractivity contribution >= 4 is 17.3 Å². The lowest BCUT2D eigenvalue weighted by atomic mass is 9.89. The quantitative estimate of drug-likeness (QED) is 0.789. The van der Waals surface area contributed by atoms with Gasteiger partial charge in [-0.25, -0.2) is 4.68 Å². The van der Waals surface area contributed by atoms with Crippen LogP contribution in [0.5, 0.6) is 0 Å². The van der Waals surface area contributed by atoms with E-state index < -0.39 is 0 Å². The topological polar surface area (TPSA) is 67.2 Å². The Kier molecular flexibility index (Phi) is 3.49. The van der Waals surface area contributed by atoms with Crippen LogP contribution in [-0.4, -0.2) is 27.0 Å². The fourth-order valence-corrected chi connectivity index (χ4v) is 1.94. The molecule has 6 heteroatoms. The number of nitrogens with zero attached hydrogens (tertiary/aromatic N) is 2. The Morgan fingerprint density at radius 1 is 1.71 bits per heavy atom. The van der Waals surface area contributed by atoms with Crippen molar-refractivity contribution in [2.75, 3.05) is 5.32 Å². The molecule has 0 saturated heterocycles. The van der Waals surface area contributed by atoms with E-state index in [0.29, 0.717) is 25.1 Å². The minimum absolute atomic E-state index is 0.128. The molecule has 1 aromatic heterocycles. The Morgan fingerprint density at radius 3 is 3.00 bits per heavy atom. The van der Waals surface area contributed by atoms with Gasteiger partial charge >= 0.3 is 0 Å². The minimum Gasteiger partial charge on any atom is -0.393 e. The first-order valence-corrected chi connectivity index (χ1v) is 5.80. The van der Waals surface area contributed by atoms with E-state index >= 15 is 0 Å². The van der Waals surface area contributed by atoms with Crippen molar-refractivity contribution < 1.29 is 5.11 Å². The van der Waals surface area contributed by atoms with Crippen LogP contribution in [0.4, 0.5) is 5.69 Å². The first-order valence-electron chi connectivity index (χ1n) is 5.43. The van der Waals surface area contributed by atoms with Gasteiger partial charge in [0.05, 0.1) is 24.5 Å². The van der Waals surface area contributed by atoms with Crippen molar-refractivity contribution in [3.8, 4) is 0 Å². The van der Waals surface area contributed by atoms with Crippen molar-refractivity contribution in [1.82, 2.24) is 9.78 Å². The molecule has 1 fully saturated rings. The Labute approximate surface area is 104 Å². The van der Waals surface area contributed by atoms with Crippen molar-refractivity contribution in [3.05, 3.63) is 34.2 Å². The molecule has 0 radical (unpaired) electrons. The molecular formula is C11H14ClN3O2. The van der Waals surface area contributed by atoms with Gasteiger partial charge < -0.3 is 10.4 Å². The predicted molar refractivity (Wildman–Crippen MR) is 66.4 cm³/mol. The van der Waals surface area contributed by atoms with Crippen molar-refractivity contribution in [1.29, 1.82) is 0 Å². The lowest BCUT2D eigenvalue weighted by Crippen LogP contribution is -2.39. The summed E-state index contributed by atoms with van der Waals surface area (Å²) in [6.45, 7) is 3.88. The lowest BCUT2D eigenvalue weighted by molar-refractivity contribution is 0.0836. The number of aliphatic hydroxyl groups excluding tert-OH is 1. The highest BCUT2D eigenvalue weighted by Crippen LogP contribution is 2.25. The average molecular weight is 256 g/mol. The molecule has 92 valence electrons. The number of halogens is 1. The highest BCUT2D eigenvalue weighted by molar-refractivity contribution is 6.32. The standard InChI is InChI=1S/C11H14ClN3O2/c1-2-3-15-11(17)10(12)9(6-13-15)14-7-4-8(16)5-7/h2,6-8,14,16H,1,3-5H2. The number of anilines is 1. The van der Waals surface area contributed by atoms with E-state index in [-0.39, 0.29) is 22.7 Å². The van der Waals surface area contributed by atoms with E-state index in [1.165, 1.54) is 10.9 Å². The van der Waals surface area contributed by atoms with E-state index in [0.717, 1.165) is 0 Å². The van der Waals surface area contributed by atoms with Gasteiger partial charge in [-0.2, -0.15) is 5.10 Å². The average Bonchev–Trinajstić information content (AvgIpc) is 2.26. The molecule has 0 bridgehead atoms. The molecule has 0 aliphatic heterocycles. The molecule has 2 N–H and O–H groups in total. The number of hydrogen-bond acceptors (Lipinski definition) is 4. The van der Waals surface area contributed by atoms with Crippen LogP contribution in [0.15, 0.2) is 23.6 Å². The van der Waals surface area contributed by atoms with E-state index in [9.17, 15) is 4.79 Å². The molecule has 1 saturated carbocycles. The maximum absolute atomic E-state index is 11.8. The van der Waals surface area contributed by atoms with E-state index in [1.54, 1.807) is 6.08 Å². The molecule has 0 amide bonds. The molecule has 0 aromatic carbocycles. The van der Waals surface area contributed by atoms with Crippen LogP contribution < -0.4 is 10.9 Å². The summed E-state index contributed by atoms with van der Waals surface area (Å²) >= 11 is 5.96. The summed E-state index contributed by atoms with van der Waals surface area (Å²) in [4.78, 5) is 11.8. The van der Waals surface area contributed by atoms with E-state index in [1.807, 2.05) is 0 Å². The predicted octanol–water partition coefficient (Wildman–Crippen LogP) is 1.02. The van der Waals surface area contributed by atoms with Crippen LogP contribution in [0.25, 0.3) is 0 Å². The van der Waals surface area contributed by atoms with Gasteiger partial charge in [0.1, 0.15) is 5.02 Å². The van der Waals surface area contributed by atoms with Crippen LogP contribution in [0.3, 0.4) is 0 Å². The SMILES string of the molecule is C=CCn1ncc(NC2CC(O)C2)c(Cl)c1=O. The highest BCUT2D eigenvalue weighted by Gasteiger charge is 2.27. The number of allylic oxidation sites excluding steroid dienone is 1. The first kappa shape index (κ1) is 12.1. The maximum Gasteiger partial charge on any atom is 0.287 e. The molecule has 0 spiro atoms. The van der Waals surface area contributed by atoms with Crippen LogP contribution in [0, 0.1) is 0 Å². The second-order valence-electron chi connectivity index (χ2n) is 4.11. The molecule has 1 aliphatic carbocycles. The molecule has 17 heavy (non-hydrogen) atoms. The maximum atomic E-state index is 11.8. The Bertz CT molecular complexity index is 480. The largest absolute Gasteiger partial charge is 0.393 e. The highest BCUT2D eigenvalue weighted by atomic mass is 35.5. The molecule has 0 atom stereocenters. The second-order valence-corrected chi connectivity index (χ2v) is 4.49.